The van der Waals surface area contributed by atoms with Crippen LogP contribution in [0.15, 0.2) is 96.1 Å². The largest absolute Gasteiger partial charge is 0.494 e. The summed E-state index contributed by atoms with van der Waals surface area (Å²) in [5.41, 5.74) is 4.42. The van der Waals surface area contributed by atoms with Crippen LogP contribution < -0.4 is 19.6 Å². The molecular formula is C34H28F3N3O5. The lowest BCUT2D eigenvalue weighted by Gasteiger charge is -2.12. The predicted molar refractivity (Wildman–Crippen MR) is 164 cm³/mol. The number of ether oxygens (including phenoxy) is 3. The number of amides is 1. The summed E-state index contributed by atoms with van der Waals surface area (Å²) in [6.07, 6.45) is -3.22. The highest BCUT2D eigenvalue weighted by Gasteiger charge is 2.31. The number of fused-ring (bicyclic) bond motifs is 1. The van der Waals surface area contributed by atoms with Crippen molar-refractivity contribution in [3.8, 4) is 28.4 Å². The van der Waals surface area contributed by atoms with Crippen molar-refractivity contribution in [2.75, 3.05) is 13.2 Å². The van der Waals surface area contributed by atoms with Gasteiger partial charge >= 0.3 is 12.1 Å². The predicted octanol–water partition coefficient (Wildman–Crippen LogP) is 7.63. The molecule has 0 aliphatic heterocycles. The maximum atomic E-state index is 13.3. The maximum Gasteiger partial charge on any atom is 0.416 e. The Kier molecular flexibility index (Phi) is 9.17. The summed E-state index contributed by atoms with van der Waals surface area (Å²) in [5, 5.41) is 4.92. The van der Waals surface area contributed by atoms with Crippen molar-refractivity contribution in [3.05, 3.63) is 113 Å². The minimum atomic E-state index is -4.60. The molecule has 5 rings (SSSR count). The zero-order chi connectivity index (χ0) is 32.0. The molecule has 0 saturated carbocycles. The van der Waals surface area contributed by atoms with E-state index in [0.717, 1.165) is 34.7 Å². The van der Waals surface area contributed by atoms with Crippen molar-refractivity contribution in [1.82, 2.24) is 10.4 Å². The number of nitrogens with zero attached hydrogens (tertiary/aromatic N) is 1. The van der Waals surface area contributed by atoms with E-state index in [1.54, 1.807) is 13.0 Å². The third kappa shape index (κ3) is 7.15. The topological polar surface area (TPSA) is 102 Å². The molecule has 8 nitrogen and oxygen atoms in total. The molecule has 1 aromatic heterocycles. The van der Waals surface area contributed by atoms with Crippen molar-refractivity contribution in [2.45, 2.75) is 20.0 Å². The Morgan fingerprint density at radius 3 is 2.38 bits per heavy atom. The van der Waals surface area contributed by atoms with Crippen molar-refractivity contribution < 1.29 is 37.0 Å². The molecule has 1 amide bonds. The number of hydrazone groups is 1. The summed E-state index contributed by atoms with van der Waals surface area (Å²) >= 11 is 0. The first kappa shape index (κ1) is 30.9. The second-order valence-corrected chi connectivity index (χ2v) is 9.69. The molecule has 11 heteroatoms. The van der Waals surface area contributed by atoms with Gasteiger partial charge in [0.15, 0.2) is 11.5 Å². The minimum absolute atomic E-state index is 0.0115. The Morgan fingerprint density at radius 1 is 0.867 bits per heavy atom. The molecule has 0 saturated heterocycles. The monoisotopic (exact) mass is 615 g/mol. The van der Waals surface area contributed by atoms with Gasteiger partial charge in [0.1, 0.15) is 11.4 Å². The third-order valence-electron chi connectivity index (χ3n) is 6.65. The van der Waals surface area contributed by atoms with Gasteiger partial charge in [-0.25, -0.2) is 10.2 Å². The first-order valence-corrected chi connectivity index (χ1v) is 14.0. The number of nitrogens with one attached hydrogen (secondary N) is 2. The van der Waals surface area contributed by atoms with Crippen LogP contribution in [0.1, 0.15) is 45.8 Å². The molecule has 0 radical (unpaired) electrons. The Morgan fingerprint density at radius 2 is 1.64 bits per heavy atom. The van der Waals surface area contributed by atoms with Gasteiger partial charge in [-0.1, -0.05) is 36.4 Å². The lowest BCUT2D eigenvalue weighted by Crippen LogP contribution is -2.18. The fraction of sp³-hybridized carbons (Fsp3) is 0.147. The highest BCUT2D eigenvalue weighted by molar-refractivity contribution is 6.10. The summed E-state index contributed by atoms with van der Waals surface area (Å²) in [7, 11) is 0. The van der Waals surface area contributed by atoms with Gasteiger partial charge in [0.05, 0.1) is 30.6 Å². The van der Waals surface area contributed by atoms with E-state index in [1.807, 2.05) is 55.5 Å². The number of alkyl halides is 3. The van der Waals surface area contributed by atoms with Crippen LogP contribution in [0.25, 0.3) is 22.0 Å². The van der Waals surface area contributed by atoms with Crippen LogP contribution in [0.2, 0.25) is 0 Å². The van der Waals surface area contributed by atoms with Gasteiger partial charge in [-0.05, 0) is 79.6 Å². The Balaban J connectivity index is 1.36. The Labute approximate surface area is 256 Å². The molecule has 0 fully saturated rings. The van der Waals surface area contributed by atoms with Crippen molar-refractivity contribution >= 4 is 29.0 Å². The van der Waals surface area contributed by atoms with Crippen LogP contribution in [-0.4, -0.2) is 36.3 Å². The lowest BCUT2D eigenvalue weighted by atomic mass is 10.0. The standard InChI is InChI=1S/C34H28F3N3O5/c1-3-43-25-14-15-27-26(19-25)30(22-9-6-5-7-10-22)31(39-27)32(41)40-38-20-21-13-16-28(29(17-21)44-4-2)45-33(42)23-11-8-12-24(18-23)34(35,36)37/h5-20,39H,3-4H2,1-2H3,(H,40,41). The summed E-state index contributed by atoms with van der Waals surface area (Å²) in [5.74, 6) is -0.592. The minimum Gasteiger partial charge on any atom is -0.494 e. The molecule has 2 N–H and O–H groups in total. The van der Waals surface area contributed by atoms with E-state index in [0.29, 0.717) is 29.2 Å². The quantitative estimate of drug-likeness (QED) is 0.0728. The number of hydrogen-bond donors (Lipinski definition) is 2. The van der Waals surface area contributed by atoms with E-state index < -0.39 is 23.6 Å². The molecule has 0 spiro atoms. The summed E-state index contributed by atoms with van der Waals surface area (Å²) in [6.45, 7) is 4.35. The Bertz CT molecular complexity index is 1870. The van der Waals surface area contributed by atoms with Crippen LogP contribution in [0.3, 0.4) is 0 Å². The zero-order valence-corrected chi connectivity index (χ0v) is 24.3. The second-order valence-electron chi connectivity index (χ2n) is 9.69. The average molecular weight is 616 g/mol. The average Bonchev–Trinajstić information content (AvgIpc) is 3.41. The van der Waals surface area contributed by atoms with Crippen LogP contribution in [0.5, 0.6) is 17.2 Å². The number of rotatable bonds is 10. The normalized spacial score (nSPS) is 11.5. The number of benzene rings is 4. The fourth-order valence-corrected chi connectivity index (χ4v) is 4.66. The molecular weight excluding hydrogens is 587 g/mol. The van der Waals surface area contributed by atoms with Gasteiger partial charge in [0, 0.05) is 16.5 Å². The molecule has 0 aliphatic carbocycles. The Hall–Kier alpha value is -5.58. The van der Waals surface area contributed by atoms with Crippen LogP contribution in [0, 0.1) is 0 Å². The molecule has 0 atom stereocenters. The number of hydrogen-bond acceptors (Lipinski definition) is 6. The second kappa shape index (κ2) is 13.4. The molecule has 0 bridgehead atoms. The first-order chi connectivity index (χ1) is 21.7. The van der Waals surface area contributed by atoms with Gasteiger partial charge in [-0.15, -0.1) is 0 Å². The van der Waals surface area contributed by atoms with Gasteiger partial charge < -0.3 is 19.2 Å². The third-order valence-corrected chi connectivity index (χ3v) is 6.65. The van der Waals surface area contributed by atoms with Crippen LogP contribution >= 0.6 is 0 Å². The summed E-state index contributed by atoms with van der Waals surface area (Å²) < 4.78 is 55.9. The van der Waals surface area contributed by atoms with Crippen molar-refractivity contribution in [3.63, 3.8) is 0 Å². The van der Waals surface area contributed by atoms with E-state index in [1.165, 1.54) is 24.4 Å². The van der Waals surface area contributed by atoms with Crippen molar-refractivity contribution in [2.24, 2.45) is 5.10 Å². The molecule has 0 aliphatic rings. The van der Waals surface area contributed by atoms with E-state index in [4.69, 9.17) is 14.2 Å². The number of carbonyl (C=O) groups is 2. The number of esters is 1. The van der Waals surface area contributed by atoms with Crippen molar-refractivity contribution in [1.29, 1.82) is 0 Å². The maximum absolute atomic E-state index is 13.3. The highest BCUT2D eigenvalue weighted by atomic mass is 19.4. The van der Waals surface area contributed by atoms with E-state index in [9.17, 15) is 22.8 Å². The molecule has 230 valence electrons. The first-order valence-electron chi connectivity index (χ1n) is 14.0. The van der Waals surface area contributed by atoms with Gasteiger partial charge in [0.2, 0.25) is 0 Å². The molecule has 45 heavy (non-hydrogen) atoms. The summed E-state index contributed by atoms with van der Waals surface area (Å²) in [4.78, 5) is 29.2. The van der Waals surface area contributed by atoms with Crippen LogP contribution in [-0.2, 0) is 6.18 Å². The molecule has 4 aromatic carbocycles. The molecule has 5 aromatic rings. The molecule has 1 heterocycles. The molecule has 0 unspecified atom stereocenters. The summed E-state index contributed by atoms with van der Waals surface area (Å²) in [6, 6.07) is 23.5. The fourth-order valence-electron chi connectivity index (χ4n) is 4.66. The smallest absolute Gasteiger partial charge is 0.416 e. The number of halogens is 3. The van der Waals surface area contributed by atoms with Crippen LogP contribution in [0.4, 0.5) is 13.2 Å². The van der Waals surface area contributed by atoms with Gasteiger partial charge in [-0.2, -0.15) is 18.3 Å². The number of aromatic nitrogens is 1. The zero-order valence-electron chi connectivity index (χ0n) is 24.3. The SMILES string of the molecule is CCOc1ccc2[nH]c(C(=O)NN=Cc3ccc(OC(=O)c4cccc(C(F)(F)F)c4)c(OCC)c3)c(-c3ccccc3)c2c1. The van der Waals surface area contributed by atoms with E-state index >= 15 is 0 Å². The number of carbonyl (C=O) groups excluding carboxylic acids is 2. The van der Waals surface area contributed by atoms with E-state index in [-0.39, 0.29) is 23.7 Å². The van der Waals surface area contributed by atoms with Gasteiger partial charge in [-0.3, -0.25) is 4.79 Å². The lowest BCUT2D eigenvalue weighted by molar-refractivity contribution is -0.137. The highest BCUT2D eigenvalue weighted by Crippen LogP contribution is 2.35. The number of H-pyrrole nitrogens is 1. The number of aromatic amines is 1. The van der Waals surface area contributed by atoms with Gasteiger partial charge in [0.25, 0.3) is 5.91 Å². The van der Waals surface area contributed by atoms with E-state index in [2.05, 4.69) is 15.5 Å².